The van der Waals surface area contributed by atoms with E-state index >= 15 is 0 Å². The van der Waals surface area contributed by atoms with E-state index in [1.54, 1.807) is 12.1 Å². The Morgan fingerprint density at radius 1 is 1.42 bits per heavy atom. The van der Waals surface area contributed by atoms with Crippen LogP contribution in [0, 0.1) is 5.41 Å². The highest BCUT2D eigenvalue weighted by Gasteiger charge is 2.37. The summed E-state index contributed by atoms with van der Waals surface area (Å²) in [5.74, 6) is 0. The van der Waals surface area contributed by atoms with Crippen LogP contribution in [-0.2, 0) is 10.0 Å². The molecular weight excluding hydrogens is 328 g/mol. The van der Waals surface area contributed by atoms with Crippen LogP contribution in [0.3, 0.4) is 0 Å². The predicted molar refractivity (Wildman–Crippen MR) is 80.3 cm³/mol. The van der Waals surface area contributed by atoms with Crippen LogP contribution in [0.25, 0.3) is 0 Å². The summed E-state index contributed by atoms with van der Waals surface area (Å²) >= 11 is 3.26. The zero-order valence-corrected chi connectivity index (χ0v) is 13.5. The predicted octanol–water partition coefficient (Wildman–Crippen LogP) is 2.89. The number of halogens is 1. The fourth-order valence-electron chi connectivity index (χ4n) is 2.48. The lowest BCUT2D eigenvalue weighted by Crippen LogP contribution is -2.41. The summed E-state index contributed by atoms with van der Waals surface area (Å²) in [6, 6.07) is 4.66. The van der Waals surface area contributed by atoms with E-state index in [9.17, 15) is 8.42 Å². The molecule has 4 nitrogen and oxygen atoms in total. The Balaban J connectivity index is 2.25. The van der Waals surface area contributed by atoms with E-state index in [1.165, 1.54) is 6.07 Å². The molecular formula is C13H19BrN2O2S. The average Bonchev–Trinajstić information content (AvgIpc) is 2.61. The number of nitrogens with one attached hydrogen (secondary N) is 1. The summed E-state index contributed by atoms with van der Waals surface area (Å²) in [7, 11) is -3.49. The minimum absolute atomic E-state index is 0.00571. The Kier molecular flexibility index (Phi) is 3.95. The van der Waals surface area contributed by atoms with Gasteiger partial charge in [0, 0.05) is 16.2 Å². The third-order valence-electron chi connectivity index (χ3n) is 3.84. The molecule has 1 saturated carbocycles. The van der Waals surface area contributed by atoms with Gasteiger partial charge in [0.05, 0.1) is 4.90 Å². The van der Waals surface area contributed by atoms with Gasteiger partial charge in [0.2, 0.25) is 10.0 Å². The van der Waals surface area contributed by atoms with Crippen LogP contribution in [0.5, 0.6) is 0 Å². The van der Waals surface area contributed by atoms with Gasteiger partial charge in [-0.3, -0.25) is 0 Å². The largest absolute Gasteiger partial charge is 0.398 e. The van der Waals surface area contributed by atoms with Crippen molar-refractivity contribution in [3.8, 4) is 0 Å². The lowest BCUT2D eigenvalue weighted by atomic mass is 9.88. The maximum atomic E-state index is 12.4. The van der Waals surface area contributed by atoms with Gasteiger partial charge >= 0.3 is 0 Å². The molecule has 2 rings (SSSR count). The van der Waals surface area contributed by atoms with Crippen LogP contribution in [0.1, 0.15) is 33.1 Å². The van der Waals surface area contributed by atoms with E-state index < -0.39 is 10.0 Å². The maximum absolute atomic E-state index is 12.4. The summed E-state index contributed by atoms with van der Waals surface area (Å²) in [4.78, 5) is 0.247. The van der Waals surface area contributed by atoms with Gasteiger partial charge in [0.1, 0.15) is 0 Å². The third kappa shape index (κ3) is 3.12. The number of hydrogen-bond donors (Lipinski definition) is 2. The zero-order valence-electron chi connectivity index (χ0n) is 11.1. The molecule has 19 heavy (non-hydrogen) atoms. The fourth-order valence-corrected chi connectivity index (χ4v) is 4.47. The summed E-state index contributed by atoms with van der Waals surface area (Å²) < 4.78 is 28.2. The normalized spacial score (nSPS) is 22.6. The first-order valence-electron chi connectivity index (χ1n) is 6.30. The molecule has 0 amide bonds. The molecule has 0 aromatic heterocycles. The molecule has 0 spiro atoms. The molecule has 106 valence electrons. The van der Waals surface area contributed by atoms with Crippen LogP contribution >= 0.6 is 15.9 Å². The molecule has 0 radical (unpaired) electrons. The SMILES string of the molecule is CC1(C)CCCC1NS(=O)(=O)c1ccc(N)c(Br)c1. The lowest BCUT2D eigenvalue weighted by Gasteiger charge is -2.27. The summed E-state index contributed by atoms with van der Waals surface area (Å²) in [6.07, 6.45) is 3.00. The maximum Gasteiger partial charge on any atom is 0.240 e. The van der Waals surface area contributed by atoms with Crippen molar-refractivity contribution in [3.63, 3.8) is 0 Å². The van der Waals surface area contributed by atoms with E-state index in [-0.39, 0.29) is 16.4 Å². The average molecular weight is 347 g/mol. The van der Waals surface area contributed by atoms with Crippen molar-refractivity contribution in [1.29, 1.82) is 0 Å². The monoisotopic (exact) mass is 346 g/mol. The van der Waals surface area contributed by atoms with Crippen molar-refractivity contribution >= 4 is 31.6 Å². The molecule has 3 N–H and O–H groups in total. The molecule has 1 aliphatic rings. The topological polar surface area (TPSA) is 72.2 Å². The van der Waals surface area contributed by atoms with Crippen molar-refractivity contribution < 1.29 is 8.42 Å². The van der Waals surface area contributed by atoms with Crippen LogP contribution < -0.4 is 10.5 Å². The van der Waals surface area contributed by atoms with Crippen LogP contribution in [0.2, 0.25) is 0 Å². The van der Waals surface area contributed by atoms with Crippen molar-refractivity contribution in [1.82, 2.24) is 4.72 Å². The minimum atomic E-state index is -3.49. The molecule has 1 unspecified atom stereocenters. The second kappa shape index (κ2) is 5.07. The van der Waals surface area contributed by atoms with Crippen molar-refractivity contribution in [2.24, 2.45) is 5.41 Å². The number of rotatable bonds is 3. The number of sulfonamides is 1. The van der Waals surface area contributed by atoms with Crippen molar-refractivity contribution in [3.05, 3.63) is 22.7 Å². The highest BCUT2D eigenvalue weighted by molar-refractivity contribution is 9.10. The van der Waals surface area contributed by atoms with Crippen LogP contribution in [0.4, 0.5) is 5.69 Å². The van der Waals surface area contributed by atoms with E-state index in [4.69, 9.17) is 5.73 Å². The first-order chi connectivity index (χ1) is 8.72. The molecule has 0 bridgehead atoms. The number of hydrogen-bond acceptors (Lipinski definition) is 3. The molecule has 0 aliphatic heterocycles. The number of nitrogen functional groups attached to an aromatic ring is 1. The Morgan fingerprint density at radius 3 is 2.63 bits per heavy atom. The molecule has 6 heteroatoms. The second-order valence-electron chi connectivity index (χ2n) is 5.74. The van der Waals surface area contributed by atoms with Gasteiger partial charge in [0.15, 0.2) is 0 Å². The zero-order chi connectivity index (χ0) is 14.3. The Labute approximate surface area is 122 Å². The van der Waals surface area contributed by atoms with Gasteiger partial charge in [-0.25, -0.2) is 13.1 Å². The fraction of sp³-hybridized carbons (Fsp3) is 0.538. The van der Waals surface area contributed by atoms with Crippen molar-refractivity contribution in [2.75, 3.05) is 5.73 Å². The highest BCUT2D eigenvalue weighted by atomic mass is 79.9. The molecule has 0 heterocycles. The number of anilines is 1. The summed E-state index contributed by atoms with van der Waals surface area (Å²) in [5.41, 5.74) is 6.22. The highest BCUT2D eigenvalue weighted by Crippen LogP contribution is 2.38. The molecule has 1 aromatic carbocycles. The number of nitrogens with two attached hydrogens (primary N) is 1. The standard InChI is InChI=1S/C13H19BrN2O2S/c1-13(2)7-3-4-12(13)16-19(17,18)9-5-6-11(15)10(14)8-9/h5-6,8,12,16H,3-4,7,15H2,1-2H3. The number of benzene rings is 1. The molecule has 1 aromatic rings. The molecule has 0 saturated heterocycles. The second-order valence-corrected chi connectivity index (χ2v) is 8.31. The Bertz CT molecular complexity index is 584. The Morgan fingerprint density at radius 2 is 2.11 bits per heavy atom. The van der Waals surface area contributed by atoms with Gasteiger partial charge in [-0.2, -0.15) is 0 Å². The van der Waals surface area contributed by atoms with Crippen molar-refractivity contribution in [2.45, 2.75) is 44.0 Å². The van der Waals surface area contributed by atoms with E-state index in [0.29, 0.717) is 10.2 Å². The van der Waals surface area contributed by atoms with Gasteiger partial charge in [0.25, 0.3) is 0 Å². The minimum Gasteiger partial charge on any atom is -0.398 e. The molecule has 1 atom stereocenters. The quantitative estimate of drug-likeness (QED) is 0.826. The molecule has 1 fully saturated rings. The summed E-state index contributed by atoms with van der Waals surface area (Å²) in [5, 5.41) is 0. The van der Waals surface area contributed by atoms with Crippen LogP contribution in [-0.4, -0.2) is 14.5 Å². The first kappa shape index (κ1) is 14.8. The van der Waals surface area contributed by atoms with E-state index in [1.807, 2.05) is 0 Å². The summed E-state index contributed by atoms with van der Waals surface area (Å²) in [6.45, 7) is 4.21. The molecule has 1 aliphatic carbocycles. The van der Waals surface area contributed by atoms with Gasteiger partial charge in [-0.05, 0) is 52.4 Å². The van der Waals surface area contributed by atoms with E-state index in [0.717, 1.165) is 19.3 Å². The van der Waals surface area contributed by atoms with Gasteiger partial charge in [-0.1, -0.05) is 20.3 Å². The van der Waals surface area contributed by atoms with Gasteiger partial charge in [-0.15, -0.1) is 0 Å². The smallest absolute Gasteiger partial charge is 0.240 e. The van der Waals surface area contributed by atoms with E-state index in [2.05, 4.69) is 34.5 Å². The third-order valence-corrected chi connectivity index (χ3v) is 5.99. The van der Waals surface area contributed by atoms with Gasteiger partial charge < -0.3 is 5.73 Å². The first-order valence-corrected chi connectivity index (χ1v) is 8.57. The Hall–Kier alpha value is -0.590. The lowest BCUT2D eigenvalue weighted by molar-refractivity contribution is 0.313. The van der Waals surface area contributed by atoms with Crippen LogP contribution in [0.15, 0.2) is 27.6 Å².